The van der Waals surface area contributed by atoms with E-state index in [1.807, 2.05) is 43.3 Å². The number of rotatable bonds is 8. The van der Waals surface area contributed by atoms with Crippen LogP contribution >= 0.6 is 11.8 Å². The maximum Gasteiger partial charge on any atom is 0.203 e. The first-order chi connectivity index (χ1) is 14.2. The smallest absolute Gasteiger partial charge is 0.203 e. The van der Waals surface area contributed by atoms with Crippen molar-refractivity contribution in [2.45, 2.75) is 13.0 Å². The van der Waals surface area contributed by atoms with E-state index in [-0.39, 0.29) is 6.04 Å². The zero-order valence-corrected chi connectivity index (χ0v) is 17.8. The highest BCUT2D eigenvalue weighted by Gasteiger charge is 2.20. The van der Waals surface area contributed by atoms with Gasteiger partial charge in [-0.3, -0.25) is 10.4 Å². The number of nitrogens with one attached hydrogen (secondary N) is 1. The molecule has 1 N–H and O–H groups in total. The van der Waals surface area contributed by atoms with E-state index < -0.39 is 0 Å². The minimum Gasteiger partial charge on any atom is -0.497 e. The van der Waals surface area contributed by atoms with Gasteiger partial charge < -0.3 is 18.9 Å². The molecule has 2 aromatic carbocycles. The highest BCUT2D eigenvalue weighted by molar-refractivity contribution is 8.14. The maximum absolute atomic E-state index is 5.62. The number of methoxy groups -OCH3 is 3. The summed E-state index contributed by atoms with van der Waals surface area (Å²) < 4.78 is 21.7. The number of hydrogen-bond acceptors (Lipinski definition) is 8. The van der Waals surface area contributed by atoms with Crippen LogP contribution < -0.4 is 24.4 Å². The molecule has 7 nitrogen and oxygen atoms in total. The third-order valence-corrected chi connectivity index (χ3v) is 5.25. The van der Waals surface area contributed by atoms with Crippen molar-refractivity contribution in [3.8, 4) is 23.0 Å². The Morgan fingerprint density at radius 2 is 1.79 bits per heavy atom. The molecule has 3 rings (SSSR count). The second-order valence-corrected chi connectivity index (χ2v) is 7.10. The van der Waals surface area contributed by atoms with Gasteiger partial charge in [-0.2, -0.15) is 5.10 Å². The van der Waals surface area contributed by atoms with E-state index in [1.165, 1.54) is 0 Å². The van der Waals surface area contributed by atoms with Crippen molar-refractivity contribution in [1.82, 2.24) is 5.43 Å². The summed E-state index contributed by atoms with van der Waals surface area (Å²) in [6, 6.07) is 11.8. The van der Waals surface area contributed by atoms with Gasteiger partial charge in [-0.25, -0.2) is 0 Å². The van der Waals surface area contributed by atoms with Gasteiger partial charge in [-0.1, -0.05) is 23.9 Å². The van der Waals surface area contributed by atoms with Crippen LogP contribution in [0.3, 0.4) is 0 Å². The van der Waals surface area contributed by atoms with Gasteiger partial charge in [0.15, 0.2) is 16.7 Å². The summed E-state index contributed by atoms with van der Waals surface area (Å²) in [5, 5.41) is 5.09. The number of benzene rings is 2. The zero-order chi connectivity index (χ0) is 20.6. The molecule has 0 aromatic heterocycles. The van der Waals surface area contributed by atoms with E-state index in [0.29, 0.717) is 23.9 Å². The summed E-state index contributed by atoms with van der Waals surface area (Å²) >= 11 is 1.64. The fourth-order valence-corrected chi connectivity index (χ4v) is 3.76. The van der Waals surface area contributed by atoms with Crippen LogP contribution in [0, 0.1) is 0 Å². The maximum atomic E-state index is 5.62. The second-order valence-electron chi connectivity index (χ2n) is 6.09. The van der Waals surface area contributed by atoms with E-state index in [2.05, 4.69) is 10.5 Å². The van der Waals surface area contributed by atoms with Crippen LogP contribution in [0.25, 0.3) is 0 Å². The third kappa shape index (κ3) is 5.14. The average molecular weight is 416 g/mol. The molecule has 0 spiro atoms. The summed E-state index contributed by atoms with van der Waals surface area (Å²) in [5.74, 6) is 3.49. The molecule has 0 fully saturated rings. The summed E-state index contributed by atoms with van der Waals surface area (Å²) in [6.07, 6.45) is 1.70. The van der Waals surface area contributed by atoms with Gasteiger partial charge in [0.2, 0.25) is 5.75 Å². The first-order valence-corrected chi connectivity index (χ1v) is 10.2. The topological polar surface area (TPSA) is 73.7 Å². The summed E-state index contributed by atoms with van der Waals surface area (Å²) in [6.45, 7) is 2.44. The highest BCUT2D eigenvalue weighted by Crippen LogP contribution is 2.38. The van der Waals surface area contributed by atoms with Gasteiger partial charge >= 0.3 is 0 Å². The van der Waals surface area contributed by atoms with E-state index in [4.69, 9.17) is 23.9 Å². The van der Waals surface area contributed by atoms with Crippen molar-refractivity contribution in [2.75, 3.05) is 33.7 Å². The van der Waals surface area contributed by atoms with Crippen molar-refractivity contribution in [2.24, 2.45) is 10.1 Å². The monoisotopic (exact) mass is 415 g/mol. The quantitative estimate of drug-likeness (QED) is 0.521. The second kappa shape index (κ2) is 10.1. The van der Waals surface area contributed by atoms with Gasteiger partial charge in [0.1, 0.15) is 5.75 Å². The number of thioether (sulfide) groups is 1. The Balaban J connectivity index is 1.67. The van der Waals surface area contributed by atoms with Crippen LogP contribution in [-0.2, 0) is 0 Å². The largest absolute Gasteiger partial charge is 0.497 e. The third-order valence-electron chi connectivity index (χ3n) is 4.30. The van der Waals surface area contributed by atoms with Crippen LogP contribution in [0.5, 0.6) is 23.0 Å². The minimum atomic E-state index is 0.106. The fourth-order valence-electron chi connectivity index (χ4n) is 2.86. The van der Waals surface area contributed by atoms with Crippen LogP contribution in [0.4, 0.5) is 0 Å². The highest BCUT2D eigenvalue weighted by atomic mass is 32.2. The molecular formula is C21H25N3O4S. The van der Waals surface area contributed by atoms with Crippen LogP contribution in [0.1, 0.15) is 24.1 Å². The summed E-state index contributed by atoms with van der Waals surface area (Å²) in [4.78, 5) is 4.70. The Hall–Kier alpha value is -2.87. The molecule has 2 aromatic rings. The SMILES string of the molecule is CCOc1c(OC)cc(/C=N/NC2=NC(c3ccc(OC)cc3)CS2)cc1OC. The molecule has 1 unspecified atom stereocenters. The predicted octanol–water partition coefficient (Wildman–Crippen LogP) is 3.88. The van der Waals surface area contributed by atoms with Crippen LogP contribution in [0.2, 0.25) is 0 Å². The van der Waals surface area contributed by atoms with E-state index >= 15 is 0 Å². The fraction of sp³-hybridized carbons (Fsp3) is 0.333. The van der Waals surface area contributed by atoms with E-state index in [0.717, 1.165) is 27.8 Å². The number of amidine groups is 1. The molecule has 1 aliphatic heterocycles. The molecule has 29 heavy (non-hydrogen) atoms. The van der Waals surface area contributed by atoms with Gasteiger partial charge in [0.25, 0.3) is 0 Å². The summed E-state index contributed by atoms with van der Waals surface area (Å²) in [5.41, 5.74) is 4.99. The molecule has 0 aliphatic carbocycles. The van der Waals surface area contributed by atoms with Crippen molar-refractivity contribution in [3.05, 3.63) is 47.5 Å². The van der Waals surface area contributed by atoms with E-state index in [9.17, 15) is 0 Å². The van der Waals surface area contributed by atoms with E-state index in [1.54, 1.807) is 39.3 Å². The first kappa shape index (κ1) is 20.9. The van der Waals surface area contributed by atoms with Gasteiger partial charge in [-0.15, -0.1) is 0 Å². The minimum absolute atomic E-state index is 0.106. The Morgan fingerprint density at radius 1 is 1.10 bits per heavy atom. The molecule has 8 heteroatoms. The molecular weight excluding hydrogens is 390 g/mol. The molecule has 0 radical (unpaired) electrons. The van der Waals surface area contributed by atoms with Crippen molar-refractivity contribution in [1.29, 1.82) is 0 Å². The summed E-state index contributed by atoms with van der Waals surface area (Å²) in [7, 11) is 4.85. The van der Waals surface area contributed by atoms with Crippen LogP contribution in [0.15, 0.2) is 46.5 Å². The standard InChI is InChI=1S/C21H25N3O4S/c1-5-28-20-18(26-3)10-14(11-19(20)27-4)12-22-24-21-23-17(13-29-21)15-6-8-16(25-2)9-7-15/h6-12,17H,5,13H2,1-4H3,(H,23,24)/b22-12+. The number of hydrazone groups is 1. The Kier molecular flexibility index (Phi) is 7.24. The zero-order valence-electron chi connectivity index (χ0n) is 17.0. The average Bonchev–Trinajstić information content (AvgIpc) is 3.23. The number of ether oxygens (including phenoxy) is 4. The van der Waals surface area contributed by atoms with Crippen molar-refractivity contribution in [3.63, 3.8) is 0 Å². The number of aliphatic imine (C=N–C) groups is 1. The molecule has 0 saturated heterocycles. The lowest BCUT2D eigenvalue weighted by Crippen LogP contribution is -2.11. The normalized spacial score (nSPS) is 15.9. The lowest BCUT2D eigenvalue weighted by Gasteiger charge is -2.14. The van der Waals surface area contributed by atoms with Crippen molar-refractivity contribution < 1.29 is 18.9 Å². The van der Waals surface area contributed by atoms with Crippen molar-refractivity contribution >= 4 is 23.1 Å². The molecule has 0 saturated carbocycles. The molecule has 0 amide bonds. The van der Waals surface area contributed by atoms with Gasteiger partial charge in [0.05, 0.1) is 40.2 Å². The van der Waals surface area contributed by atoms with Gasteiger partial charge in [-0.05, 0) is 36.8 Å². The molecule has 0 bridgehead atoms. The Labute approximate surface area is 175 Å². The Morgan fingerprint density at radius 3 is 2.38 bits per heavy atom. The molecule has 1 aliphatic rings. The lowest BCUT2D eigenvalue weighted by atomic mass is 10.1. The number of nitrogens with zero attached hydrogens (tertiary/aromatic N) is 2. The molecule has 154 valence electrons. The lowest BCUT2D eigenvalue weighted by molar-refractivity contribution is 0.288. The first-order valence-electron chi connectivity index (χ1n) is 9.21. The number of hydrogen-bond donors (Lipinski definition) is 1. The molecule has 1 heterocycles. The Bertz CT molecular complexity index is 859. The predicted molar refractivity (Wildman–Crippen MR) is 117 cm³/mol. The van der Waals surface area contributed by atoms with Crippen LogP contribution in [-0.4, -0.2) is 45.1 Å². The van der Waals surface area contributed by atoms with Gasteiger partial charge in [0, 0.05) is 11.3 Å². The molecule has 1 atom stereocenters.